The van der Waals surface area contributed by atoms with Crippen LogP contribution in [0, 0.1) is 5.92 Å². The van der Waals surface area contributed by atoms with Crippen LogP contribution in [-0.4, -0.2) is 56.2 Å². The molecule has 1 fully saturated rings. The van der Waals surface area contributed by atoms with E-state index in [2.05, 4.69) is 10.6 Å². The van der Waals surface area contributed by atoms with Crippen molar-refractivity contribution in [3.05, 3.63) is 39.5 Å². The molecule has 11 heteroatoms. The molecule has 194 valence electrons. The van der Waals surface area contributed by atoms with Gasteiger partial charge in [0.05, 0.1) is 20.7 Å². The maximum Gasteiger partial charge on any atom is 0.262 e. The smallest absolute Gasteiger partial charge is 0.262 e. The van der Waals surface area contributed by atoms with Gasteiger partial charge in [0.2, 0.25) is 5.95 Å². The van der Waals surface area contributed by atoms with Crippen molar-refractivity contribution < 1.29 is 13.2 Å². The Balaban J connectivity index is 1.32. The number of amides is 1. The number of carbonyl (C=O) groups is 1. The van der Waals surface area contributed by atoms with Gasteiger partial charge in [0.15, 0.2) is 9.84 Å². The Morgan fingerprint density at radius 3 is 2.53 bits per heavy atom. The van der Waals surface area contributed by atoms with E-state index in [0.29, 0.717) is 18.4 Å². The summed E-state index contributed by atoms with van der Waals surface area (Å²) in [6, 6.07) is 8.26. The summed E-state index contributed by atoms with van der Waals surface area (Å²) in [6.45, 7) is 3.73. The third-order valence-electron chi connectivity index (χ3n) is 6.57. The van der Waals surface area contributed by atoms with Crippen LogP contribution in [0.15, 0.2) is 34.5 Å². The highest BCUT2D eigenvalue weighted by atomic mass is 35.5. The zero-order valence-electron chi connectivity index (χ0n) is 20.9. The molecule has 2 N–H and O–H groups in total. The van der Waals surface area contributed by atoms with Crippen molar-refractivity contribution >= 4 is 61.4 Å². The Kier molecular flexibility index (Phi) is 8.06. The second-order valence-corrected chi connectivity index (χ2v) is 13.4. The molecule has 0 unspecified atom stereocenters. The van der Waals surface area contributed by atoms with Crippen molar-refractivity contribution in [3.63, 3.8) is 0 Å². The molecule has 0 spiro atoms. The van der Waals surface area contributed by atoms with Crippen LogP contribution in [0.3, 0.4) is 0 Å². The first-order chi connectivity index (χ1) is 17.1. The van der Waals surface area contributed by atoms with Crippen molar-refractivity contribution in [2.24, 2.45) is 5.92 Å². The second kappa shape index (κ2) is 10.9. The molecule has 3 aromatic rings. The Morgan fingerprint density at radius 2 is 1.86 bits per heavy atom. The normalized spacial score (nSPS) is 18.4. The van der Waals surface area contributed by atoms with Gasteiger partial charge >= 0.3 is 0 Å². The fraction of sp³-hybridized carbons (Fsp3) is 0.480. The standard InChI is InChI=1S/C25H32ClN5O3S2/c1-15(2)36(33,34)20-14-35-22(21(20)26)24(32)27-13-16-9-11-17(12-10-16)28-25-29-19-8-6-5-7-18(19)23(30-25)31(3)4/h5-8,14-17H,9-13H2,1-4H3,(H,27,32)(H,28,29,30). The molecule has 2 heterocycles. The van der Waals surface area contributed by atoms with Gasteiger partial charge in [0.1, 0.15) is 10.7 Å². The summed E-state index contributed by atoms with van der Waals surface area (Å²) in [5.41, 5.74) is 0.909. The predicted molar refractivity (Wildman–Crippen MR) is 147 cm³/mol. The molecule has 8 nitrogen and oxygen atoms in total. The van der Waals surface area contributed by atoms with E-state index in [1.807, 2.05) is 43.3 Å². The number of anilines is 2. The first kappa shape index (κ1) is 26.6. The summed E-state index contributed by atoms with van der Waals surface area (Å²) in [5, 5.41) is 8.35. The monoisotopic (exact) mass is 549 g/mol. The van der Waals surface area contributed by atoms with Crippen molar-refractivity contribution in [1.82, 2.24) is 15.3 Å². The van der Waals surface area contributed by atoms with Crippen molar-refractivity contribution in [2.45, 2.75) is 55.7 Å². The molecule has 1 aliphatic rings. The first-order valence-electron chi connectivity index (χ1n) is 12.1. The van der Waals surface area contributed by atoms with E-state index in [0.717, 1.165) is 53.7 Å². The molecule has 0 aliphatic heterocycles. The highest BCUT2D eigenvalue weighted by molar-refractivity contribution is 7.92. The van der Waals surface area contributed by atoms with Gasteiger partial charge in [-0.25, -0.2) is 13.4 Å². The Morgan fingerprint density at radius 1 is 1.17 bits per heavy atom. The number of thiophene rings is 1. The van der Waals surface area contributed by atoms with Crippen molar-refractivity contribution in [2.75, 3.05) is 30.9 Å². The number of carbonyl (C=O) groups excluding carboxylic acids is 1. The number of sulfone groups is 1. The third-order valence-corrected chi connectivity index (χ3v) is 10.5. The number of aromatic nitrogens is 2. The van der Waals surface area contributed by atoms with E-state index < -0.39 is 15.1 Å². The number of para-hydroxylation sites is 1. The van der Waals surface area contributed by atoms with Gasteiger partial charge < -0.3 is 15.5 Å². The van der Waals surface area contributed by atoms with Crippen molar-refractivity contribution in [1.29, 1.82) is 0 Å². The number of fused-ring (bicyclic) bond motifs is 1. The lowest BCUT2D eigenvalue weighted by Gasteiger charge is -2.29. The molecule has 0 bridgehead atoms. The third kappa shape index (κ3) is 5.60. The van der Waals surface area contributed by atoms with E-state index in [9.17, 15) is 13.2 Å². The lowest BCUT2D eigenvalue weighted by molar-refractivity contribution is 0.0947. The van der Waals surface area contributed by atoms with Crippen LogP contribution in [0.2, 0.25) is 5.02 Å². The van der Waals surface area contributed by atoms with Gasteiger partial charge in [0, 0.05) is 37.4 Å². The number of nitrogens with one attached hydrogen (secondary N) is 2. The Labute approximate surface area is 221 Å². The highest BCUT2D eigenvalue weighted by Gasteiger charge is 2.28. The molecular formula is C25H32ClN5O3S2. The van der Waals surface area contributed by atoms with Crippen LogP contribution >= 0.6 is 22.9 Å². The van der Waals surface area contributed by atoms with Crippen LogP contribution in [0.1, 0.15) is 49.2 Å². The summed E-state index contributed by atoms with van der Waals surface area (Å²) in [6.07, 6.45) is 3.81. The van der Waals surface area contributed by atoms with Crippen LogP contribution in [0.5, 0.6) is 0 Å². The quantitative estimate of drug-likeness (QED) is 0.407. The zero-order chi connectivity index (χ0) is 26.0. The fourth-order valence-electron chi connectivity index (χ4n) is 4.40. The fourth-order valence-corrected chi connectivity index (χ4v) is 7.40. The molecule has 0 atom stereocenters. The van der Waals surface area contributed by atoms with Crippen LogP contribution in [0.4, 0.5) is 11.8 Å². The lowest BCUT2D eigenvalue weighted by Crippen LogP contribution is -2.34. The zero-order valence-corrected chi connectivity index (χ0v) is 23.3. The van der Waals surface area contributed by atoms with Gasteiger partial charge in [-0.05, 0) is 57.6 Å². The molecule has 0 saturated heterocycles. The molecule has 1 aliphatic carbocycles. The highest BCUT2D eigenvalue weighted by Crippen LogP contribution is 2.34. The number of hydrogen-bond acceptors (Lipinski definition) is 8. The molecule has 0 radical (unpaired) electrons. The second-order valence-electron chi connectivity index (χ2n) is 9.69. The van der Waals surface area contributed by atoms with Crippen LogP contribution in [-0.2, 0) is 9.84 Å². The van der Waals surface area contributed by atoms with Gasteiger partial charge in [-0.3, -0.25) is 4.79 Å². The van der Waals surface area contributed by atoms with Gasteiger partial charge in [-0.15, -0.1) is 11.3 Å². The van der Waals surface area contributed by atoms with Crippen LogP contribution < -0.4 is 15.5 Å². The molecule has 1 aromatic carbocycles. The van der Waals surface area contributed by atoms with Gasteiger partial charge in [-0.1, -0.05) is 23.7 Å². The van der Waals surface area contributed by atoms with E-state index >= 15 is 0 Å². The van der Waals surface area contributed by atoms with E-state index in [4.69, 9.17) is 21.6 Å². The minimum Gasteiger partial charge on any atom is -0.362 e. The first-order valence-corrected chi connectivity index (χ1v) is 14.9. The van der Waals surface area contributed by atoms with Crippen LogP contribution in [0.25, 0.3) is 10.9 Å². The topological polar surface area (TPSA) is 104 Å². The Bertz CT molecular complexity index is 1350. The summed E-state index contributed by atoms with van der Waals surface area (Å²) in [5.74, 6) is 1.54. The largest absolute Gasteiger partial charge is 0.362 e. The average Bonchev–Trinajstić information content (AvgIpc) is 3.24. The van der Waals surface area contributed by atoms with Gasteiger partial charge in [-0.2, -0.15) is 4.98 Å². The molecule has 4 rings (SSSR count). The van der Waals surface area contributed by atoms with Crippen molar-refractivity contribution in [3.8, 4) is 0 Å². The molecule has 1 saturated carbocycles. The summed E-state index contributed by atoms with van der Waals surface area (Å²) in [4.78, 5) is 24.4. The maximum atomic E-state index is 12.7. The minimum atomic E-state index is -3.53. The average molecular weight is 550 g/mol. The number of hydrogen-bond donors (Lipinski definition) is 2. The minimum absolute atomic E-state index is 0.0200. The number of halogens is 1. The Hall–Kier alpha value is -2.43. The molecular weight excluding hydrogens is 518 g/mol. The summed E-state index contributed by atoms with van der Waals surface area (Å²) >= 11 is 7.35. The van der Waals surface area contributed by atoms with E-state index in [1.165, 1.54) is 5.38 Å². The lowest BCUT2D eigenvalue weighted by atomic mass is 9.86. The molecule has 1 amide bonds. The molecule has 36 heavy (non-hydrogen) atoms. The van der Waals surface area contributed by atoms with E-state index in [-0.39, 0.29) is 26.7 Å². The van der Waals surface area contributed by atoms with E-state index in [1.54, 1.807) is 13.8 Å². The number of rotatable bonds is 8. The number of benzene rings is 1. The molecule has 2 aromatic heterocycles. The van der Waals surface area contributed by atoms with Gasteiger partial charge in [0.25, 0.3) is 5.91 Å². The maximum absolute atomic E-state index is 12.7. The SMILES string of the molecule is CC(C)S(=O)(=O)c1csc(C(=O)NCC2CCC(Nc3nc(N(C)C)c4ccccc4n3)CC2)c1Cl. The predicted octanol–water partition coefficient (Wildman–Crippen LogP) is 4.99. The summed E-state index contributed by atoms with van der Waals surface area (Å²) in [7, 11) is 0.426. The number of nitrogens with zero attached hydrogens (tertiary/aromatic N) is 3. The summed E-state index contributed by atoms with van der Waals surface area (Å²) < 4.78 is 24.9.